The van der Waals surface area contributed by atoms with Gasteiger partial charge in [0.25, 0.3) is 0 Å². The summed E-state index contributed by atoms with van der Waals surface area (Å²) in [4.78, 5) is 11.2. The lowest BCUT2D eigenvalue weighted by Gasteiger charge is -2.17. The number of hydrogen-bond acceptors (Lipinski definition) is 2. The summed E-state index contributed by atoms with van der Waals surface area (Å²) >= 11 is 0. The first-order valence-corrected chi connectivity index (χ1v) is 4.71. The lowest BCUT2D eigenvalue weighted by Crippen LogP contribution is -2.27. The summed E-state index contributed by atoms with van der Waals surface area (Å²) in [7, 11) is 1.63. The first-order chi connectivity index (χ1) is 5.95. The van der Waals surface area contributed by atoms with Gasteiger partial charge in [0.2, 0.25) is 5.91 Å². The quantitative estimate of drug-likeness (QED) is 0.663. The predicted molar refractivity (Wildman–Crippen MR) is 53.6 cm³/mol. The zero-order chi connectivity index (χ0) is 10.3. The number of ether oxygens (including phenoxy) is 1. The molecule has 0 bridgehead atoms. The molecule has 13 heavy (non-hydrogen) atoms. The Bertz CT molecular complexity index is 149. The van der Waals surface area contributed by atoms with Gasteiger partial charge in [0.1, 0.15) is 0 Å². The van der Waals surface area contributed by atoms with E-state index in [4.69, 9.17) is 4.74 Å². The Morgan fingerprint density at radius 1 is 1.38 bits per heavy atom. The summed E-state index contributed by atoms with van der Waals surface area (Å²) in [6.07, 6.45) is 1.53. The van der Waals surface area contributed by atoms with Crippen LogP contribution in [-0.2, 0) is 9.53 Å². The number of carbonyl (C=O) groups is 1. The van der Waals surface area contributed by atoms with Gasteiger partial charge in [0.05, 0.1) is 6.61 Å². The molecule has 0 aliphatic heterocycles. The summed E-state index contributed by atoms with van der Waals surface area (Å²) in [5.74, 6) is 0.118. The SMILES string of the molecule is COCCNC(=O)CCC(C)(C)C. The molecule has 0 rings (SSSR count). The van der Waals surface area contributed by atoms with Gasteiger partial charge in [-0.2, -0.15) is 0 Å². The standard InChI is InChI=1S/C10H21NO2/c1-10(2,3)6-5-9(12)11-7-8-13-4/h5-8H2,1-4H3,(H,11,12). The summed E-state index contributed by atoms with van der Waals surface area (Å²) in [6.45, 7) is 7.60. The van der Waals surface area contributed by atoms with Crippen LogP contribution in [0, 0.1) is 5.41 Å². The topological polar surface area (TPSA) is 38.3 Å². The van der Waals surface area contributed by atoms with E-state index in [0.29, 0.717) is 19.6 Å². The maximum absolute atomic E-state index is 11.2. The van der Waals surface area contributed by atoms with Crippen LogP contribution in [-0.4, -0.2) is 26.2 Å². The van der Waals surface area contributed by atoms with Crippen LogP contribution in [0.3, 0.4) is 0 Å². The van der Waals surface area contributed by atoms with Gasteiger partial charge in [-0.25, -0.2) is 0 Å². The Balaban J connectivity index is 3.41. The molecule has 0 radical (unpaired) electrons. The van der Waals surface area contributed by atoms with Crippen LogP contribution in [0.4, 0.5) is 0 Å². The normalized spacial score (nSPS) is 11.4. The number of amides is 1. The Morgan fingerprint density at radius 2 is 2.00 bits per heavy atom. The molecule has 0 aliphatic carbocycles. The summed E-state index contributed by atoms with van der Waals surface area (Å²) in [6, 6.07) is 0. The number of nitrogens with one attached hydrogen (secondary N) is 1. The van der Waals surface area contributed by atoms with Gasteiger partial charge in [0, 0.05) is 20.1 Å². The molecule has 0 saturated carbocycles. The molecule has 78 valence electrons. The van der Waals surface area contributed by atoms with Crippen molar-refractivity contribution >= 4 is 5.91 Å². The van der Waals surface area contributed by atoms with Crippen molar-refractivity contribution in [3.63, 3.8) is 0 Å². The molecule has 0 unspecified atom stereocenters. The third kappa shape index (κ3) is 9.34. The van der Waals surface area contributed by atoms with Gasteiger partial charge >= 0.3 is 0 Å². The van der Waals surface area contributed by atoms with Crippen molar-refractivity contribution in [1.29, 1.82) is 0 Å². The van der Waals surface area contributed by atoms with Crippen molar-refractivity contribution in [2.24, 2.45) is 5.41 Å². The van der Waals surface area contributed by atoms with Crippen molar-refractivity contribution in [3.8, 4) is 0 Å². The third-order valence-corrected chi connectivity index (χ3v) is 1.73. The van der Waals surface area contributed by atoms with Crippen molar-refractivity contribution in [2.45, 2.75) is 33.6 Å². The highest BCUT2D eigenvalue weighted by Crippen LogP contribution is 2.19. The second-order valence-corrected chi connectivity index (χ2v) is 4.40. The second kappa shape index (κ2) is 5.97. The summed E-state index contributed by atoms with van der Waals surface area (Å²) < 4.78 is 4.82. The molecule has 0 fully saturated rings. The van der Waals surface area contributed by atoms with Gasteiger partial charge in [-0.05, 0) is 11.8 Å². The number of carbonyl (C=O) groups excluding carboxylic acids is 1. The second-order valence-electron chi connectivity index (χ2n) is 4.40. The molecule has 3 heteroatoms. The van der Waals surface area contributed by atoms with E-state index in [1.165, 1.54) is 0 Å². The molecule has 0 spiro atoms. The Kier molecular flexibility index (Phi) is 5.71. The maximum Gasteiger partial charge on any atom is 0.220 e. The van der Waals surface area contributed by atoms with E-state index in [0.717, 1.165) is 6.42 Å². The van der Waals surface area contributed by atoms with Crippen LogP contribution in [0.2, 0.25) is 0 Å². The zero-order valence-corrected chi connectivity index (χ0v) is 9.14. The molecular weight excluding hydrogens is 166 g/mol. The first kappa shape index (κ1) is 12.4. The fourth-order valence-electron chi connectivity index (χ4n) is 0.869. The predicted octanol–water partition coefficient (Wildman–Crippen LogP) is 1.58. The maximum atomic E-state index is 11.2. The third-order valence-electron chi connectivity index (χ3n) is 1.73. The van der Waals surface area contributed by atoms with Crippen molar-refractivity contribution in [1.82, 2.24) is 5.32 Å². The smallest absolute Gasteiger partial charge is 0.220 e. The van der Waals surface area contributed by atoms with Crippen molar-refractivity contribution < 1.29 is 9.53 Å². The van der Waals surface area contributed by atoms with E-state index < -0.39 is 0 Å². The molecule has 1 N–H and O–H groups in total. The lowest BCUT2D eigenvalue weighted by atomic mass is 9.90. The molecule has 3 nitrogen and oxygen atoms in total. The van der Waals surface area contributed by atoms with Crippen molar-refractivity contribution in [3.05, 3.63) is 0 Å². The fraction of sp³-hybridized carbons (Fsp3) is 0.900. The average Bonchev–Trinajstić information content (AvgIpc) is 2.00. The Hall–Kier alpha value is -0.570. The van der Waals surface area contributed by atoms with E-state index in [2.05, 4.69) is 26.1 Å². The minimum Gasteiger partial charge on any atom is -0.383 e. The van der Waals surface area contributed by atoms with Crippen LogP contribution in [0.5, 0.6) is 0 Å². The van der Waals surface area contributed by atoms with Gasteiger partial charge in [-0.3, -0.25) is 4.79 Å². The number of rotatable bonds is 5. The van der Waals surface area contributed by atoms with Gasteiger partial charge < -0.3 is 10.1 Å². The van der Waals surface area contributed by atoms with Crippen LogP contribution >= 0.6 is 0 Å². The highest BCUT2D eigenvalue weighted by Gasteiger charge is 2.12. The minimum atomic E-state index is 0.118. The Morgan fingerprint density at radius 3 is 2.46 bits per heavy atom. The van der Waals surface area contributed by atoms with E-state index in [9.17, 15) is 4.79 Å². The van der Waals surface area contributed by atoms with Gasteiger partial charge in [-0.1, -0.05) is 20.8 Å². The number of methoxy groups -OCH3 is 1. The van der Waals surface area contributed by atoms with E-state index in [1.807, 2.05) is 0 Å². The van der Waals surface area contributed by atoms with E-state index in [-0.39, 0.29) is 11.3 Å². The molecule has 0 atom stereocenters. The minimum absolute atomic E-state index is 0.118. The van der Waals surface area contributed by atoms with Crippen LogP contribution in [0.1, 0.15) is 33.6 Å². The number of hydrogen-bond donors (Lipinski definition) is 1. The largest absolute Gasteiger partial charge is 0.383 e. The molecule has 0 heterocycles. The molecule has 1 amide bonds. The van der Waals surface area contributed by atoms with Crippen molar-refractivity contribution in [2.75, 3.05) is 20.3 Å². The van der Waals surface area contributed by atoms with Crippen LogP contribution < -0.4 is 5.32 Å². The van der Waals surface area contributed by atoms with Crippen LogP contribution in [0.15, 0.2) is 0 Å². The molecule has 0 aromatic heterocycles. The lowest BCUT2D eigenvalue weighted by molar-refractivity contribution is -0.121. The molecule has 0 aromatic carbocycles. The molecule has 0 aliphatic rings. The van der Waals surface area contributed by atoms with E-state index in [1.54, 1.807) is 7.11 Å². The monoisotopic (exact) mass is 187 g/mol. The summed E-state index contributed by atoms with van der Waals surface area (Å²) in [5.41, 5.74) is 0.235. The Labute approximate surface area is 80.8 Å². The van der Waals surface area contributed by atoms with E-state index >= 15 is 0 Å². The average molecular weight is 187 g/mol. The highest BCUT2D eigenvalue weighted by molar-refractivity contribution is 5.75. The van der Waals surface area contributed by atoms with Gasteiger partial charge in [0.15, 0.2) is 0 Å². The zero-order valence-electron chi connectivity index (χ0n) is 9.14. The molecule has 0 saturated heterocycles. The first-order valence-electron chi connectivity index (χ1n) is 4.71. The summed E-state index contributed by atoms with van der Waals surface area (Å²) in [5, 5.41) is 2.79. The van der Waals surface area contributed by atoms with Gasteiger partial charge in [-0.15, -0.1) is 0 Å². The molecule has 0 aromatic rings. The molecular formula is C10H21NO2. The highest BCUT2D eigenvalue weighted by atomic mass is 16.5. The van der Waals surface area contributed by atoms with Crippen LogP contribution in [0.25, 0.3) is 0 Å². The fourth-order valence-corrected chi connectivity index (χ4v) is 0.869.